The van der Waals surface area contributed by atoms with E-state index in [4.69, 9.17) is 9.47 Å². The number of hydrogen-bond donors (Lipinski definition) is 1. The predicted molar refractivity (Wildman–Crippen MR) is 119 cm³/mol. The van der Waals surface area contributed by atoms with E-state index in [0.29, 0.717) is 25.2 Å². The van der Waals surface area contributed by atoms with Crippen molar-refractivity contribution in [1.82, 2.24) is 0 Å². The van der Waals surface area contributed by atoms with Crippen molar-refractivity contribution in [3.63, 3.8) is 0 Å². The van der Waals surface area contributed by atoms with Crippen molar-refractivity contribution >= 4 is 6.29 Å². The van der Waals surface area contributed by atoms with Crippen LogP contribution in [0.2, 0.25) is 0 Å². The van der Waals surface area contributed by atoms with Gasteiger partial charge in [-0.2, -0.15) is 0 Å². The number of rotatable bonds is 9. The minimum absolute atomic E-state index is 0.457. The third-order valence-electron chi connectivity index (χ3n) is 5.00. The highest BCUT2D eigenvalue weighted by Crippen LogP contribution is 2.28. The fraction of sp³-hybridized carbons (Fsp3) is 0.269. The molecule has 0 aliphatic heterocycles. The van der Waals surface area contributed by atoms with Crippen LogP contribution in [0, 0.1) is 6.92 Å². The van der Waals surface area contributed by atoms with Crippen LogP contribution in [0.4, 0.5) is 0 Å². The summed E-state index contributed by atoms with van der Waals surface area (Å²) in [7, 11) is 0. The van der Waals surface area contributed by atoms with E-state index >= 15 is 0 Å². The van der Waals surface area contributed by atoms with Gasteiger partial charge in [0.25, 0.3) is 0 Å². The molecule has 0 unspecified atom stereocenters. The number of ether oxygens (including phenoxy) is 2. The molecule has 0 aliphatic carbocycles. The van der Waals surface area contributed by atoms with Gasteiger partial charge >= 0.3 is 0 Å². The maximum atomic E-state index is 10.8. The molecule has 0 radical (unpaired) electrons. The highest BCUT2D eigenvalue weighted by atomic mass is 16.5. The molecule has 0 saturated carbocycles. The molecule has 4 nitrogen and oxygen atoms in total. The number of hydrogen-bond acceptors (Lipinski definition) is 4. The maximum absolute atomic E-state index is 10.8. The monoisotopic (exact) mass is 404 g/mol. The minimum Gasteiger partial charge on any atom is -0.493 e. The van der Waals surface area contributed by atoms with Gasteiger partial charge in [-0.15, -0.1) is 0 Å². The van der Waals surface area contributed by atoms with Gasteiger partial charge in [0.15, 0.2) is 0 Å². The molecule has 30 heavy (non-hydrogen) atoms. The maximum Gasteiger partial charge on any atom is 0.150 e. The van der Waals surface area contributed by atoms with E-state index in [0.717, 1.165) is 40.0 Å². The molecule has 0 spiro atoms. The lowest BCUT2D eigenvalue weighted by Gasteiger charge is -2.17. The van der Waals surface area contributed by atoms with Crippen molar-refractivity contribution in [3.8, 4) is 22.6 Å². The molecule has 0 heterocycles. The Bertz CT molecular complexity index is 967. The second kappa shape index (κ2) is 9.59. The zero-order valence-corrected chi connectivity index (χ0v) is 17.7. The third-order valence-corrected chi connectivity index (χ3v) is 5.00. The van der Waals surface area contributed by atoms with Crippen LogP contribution in [0.15, 0.2) is 66.7 Å². The molecule has 3 aromatic rings. The second-order valence-electron chi connectivity index (χ2n) is 8.00. The van der Waals surface area contributed by atoms with E-state index in [1.54, 1.807) is 38.1 Å². The number of aldehydes is 1. The summed E-state index contributed by atoms with van der Waals surface area (Å²) in [6.07, 6.45) is 1.40. The highest BCUT2D eigenvalue weighted by Gasteiger charge is 2.12. The van der Waals surface area contributed by atoms with E-state index in [2.05, 4.69) is 19.1 Å². The first-order valence-electron chi connectivity index (χ1n) is 10.1. The molecule has 0 amide bonds. The summed E-state index contributed by atoms with van der Waals surface area (Å²) in [5, 5.41) is 9.78. The molecule has 4 heteroatoms. The van der Waals surface area contributed by atoms with E-state index in [9.17, 15) is 9.90 Å². The van der Waals surface area contributed by atoms with Crippen molar-refractivity contribution in [3.05, 3.63) is 83.4 Å². The van der Waals surface area contributed by atoms with Crippen LogP contribution in [0.25, 0.3) is 11.1 Å². The van der Waals surface area contributed by atoms with Crippen LogP contribution in [0.1, 0.15) is 41.8 Å². The zero-order valence-electron chi connectivity index (χ0n) is 17.7. The SMILES string of the molecule is Cc1c(COc2ccc(C=O)cc2)cccc1-c1ccc(OCCC(C)(C)O)cc1. The summed E-state index contributed by atoms with van der Waals surface area (Å²) in [6, 6.07) is 21.3. The van der Waals surface area contributed by atoms with E-state index in [1.807, 2.05) is 30.3 Å². The summed E-state index contributed by atoms with van der Waals surface area (Å²) >= 11 is 0. The molecule has 0 aromatic heterocycles. The van der Waals surface area contributed by atoms with Gasteiger partial charge in [-0.05, 0) is 79.4 Å². The zero-order chi connectivity index (χ0) is 21.6. The smallest absolute Gasteiger partial charge is 0.150 e. The Kier molecular flexibility index (Phi) is 6.91. The van der Waals surface area contributed by atoms with Crippen molar-refractivity contribution in [2.75, 3.05) is 6.61 Å². The molecule has 0 bridgehead atoms. The molecule has 156 valence electrons. The molecule has 3 rings (SSSR count). The van der Waals surface area contributed by atoms with Gasteiger partial charge in [-0.1, -0.05) is 30.3 Å². The van der Waals surface area contributed by atoms with E-state index in [-0.39, 0.29) is 0 Å². The summed E-state index contributed by atoms with van der Waals surface area (Å²) in [5.41, 5.74) is 4.44. The fourth-order valence-electron chi connectivity index (χ4n) is 3.11. The average molecular weight is 405 g/mol. The summed E-state index contributed by atoms with van der Waals surface area (Å²) in [6.45, 7) is 6.58. The van der Waals surface area contributed by atoms with Gasteiger partial charge < -0.3 is 14.6 Å². The molecule has 1 N–H and O–H groups in total. The molecule has 0 atom stereocenters. The van der Waals surface area contributed by atoms with Crippen molar-refractivity contribution in [2.45, 2.75) is 39.4 Å². The lowest BCUT2D eigenvalue weighted by atomic mass is 9.96. The molecule has 0 saturated heterocycles. The topological polar surface area (TPSA) is 55.8 Å². The van der Waals surface area contributed by atoms with Crippen molar-refractivity contribution in [2.24, 2.45) is 0 Å². The molecule has 0 fully saturated rings. The highest BCUT2D eigenvalue weighted by molar-refractivity contribution is 5.74. The Labute approximate surface area is 178 Å². The van der Waals surface area contributed by atoms with Crippen LogP contribution in [-0.4, -0.2) is 23.6 Å². The Morgan fingerprint density at radius 3 is 2.17 bits per heavy atom. The Hall–Kier alpha value is -3.11. The predicted octanol–water partition coefficient (Wildman–Crippen LogP) is 5.59. The van der Waals surface area contributed by atoms with Crippen molar-refractivity contribution in [1.29, 1.82) is 0 Å². The van der Waals surface area contributed by atoms with Crippen LogP contribution >= 0.6 is 0 Å². The summed E-state index contributed by atoms with van der Waals surface area (Å²) in [5.74, 6) is 1.52. The number of aliphatic hydroxyl groups is 1. The first-order chi connectivity index (χ1) is 14.4. The standard InChI is InChI=1S/C26H28O4/c1-19-22(18-30-24-11-7-20(17-27)8-12-24)5-4-6-25(19)21-9-13-23(14-10-21)29-16-15-26(2,3)28/h4-14,17,28H,15-16,18H2,1-3H3. The molecule has 3 aromatic carbocycles. The first kappa shape index (κ1) is 21.6. The van der Waals surface area contributed by atoms with Crippen LogP contribution in [0.3, 0.4) is 0 Å². The lowest BCUT2D eigenvalue weighted by molar-refractivity contribution is 0.0553. The quantitative estimate of drug-likeness (QED) is 0.472. The van der Waals surface area contributed by atoms with E-state index < -0.39 is 5.60 Å². The normalized spacial score (nSPS) is 11.2. The molecular weight excluding hydrogens is 376 g/mol. The summed E-state index contributed by atoms with van der Waals surface area (Å²) < 4.78 is 11.6. The fourth-order valence-corrected chi connectivity index (χ4v) is 3.11. The van der Waals surface area contributed by atoms with Crippen LogP contribution < -0.4 is 9.47 Å². The largest absolute Gasteiger partial charge is 0.493 e. The number of carbonyl (C=O) groups is 1. The van der Waals surface area contributed by atoms with Gasteiger partial charge in [-0.3, -0.25) is 4.79 Å². The van der Waals surface area contributed by atoms with Crippen LogP contribution in [-0.2, 0) is 6.61 Å². The number of benzene rings is 3. The lowest BCUT2D eigenvalue weighted by Crippen LogP contribution is -2.21. The first-order valence-corrected chi connectivity index (χ1v) is 10.1. The van der Waals surface area contributed by atoms with Gasteiger partial charge in [0, 0.05) is 12.0 Å². The third kappa shape index (κ3) is 5.94. The Balaban J connectivity index is 1.67. The van der Waals surface area contributed by atoms with Crippen LogP contribution in [0.5, 0.6) is 11.5 Å². The van der Waals surface area contributed by atoms with Gasteiger partial charge in [0.1, 0.15) is 24.4 Å². The van der Waals surface area contributed by atoms with Gasteiger partial charge in [0.2, 0.25) is 0 Å². The molecule has 0 aliphatic rings. The second-order valence-corrected chi connectivity index (χ2v) is 8.00. The number of carbonyl (C=O) groups excluding carboxylic acids is 1. The van der Waals surface area contributed by atoms with Gasteiger partial charge in [-0.25, -0.2) is 0 Å². The Morgan fingerprint density at radius 2 is 1.53 bits per heavy atom. The summed E-state index contributed by atoms with van der Waals surface area (Å²) in [4.78, 5) is 10.8. The molecular formula is C26H28O4. The average Bonchev–Trinajstić information content (AvgIpc) is 2.73. The van der Waals surface area contributed by atoms with Gasteiger partial charge in [0.05, 0.1) is 12.2 Å². The van der Waals surface area contributed by atoms with E-state index in [1.165, 1.54) is 0 Å². The van der Waals surface area contributed by atoms with Crippen molar-refractivity contribution < 1.29 is 19.4 Å². The minimum atomic E-state index is -0.726. The Morgan fingerprint density at radius 1 is 0.900 bits per heavy atom.